The van der Waals surface area contributed by atoms with E-state index < -0.39 is 0 Å². The number of hydrogen-bond donors (Lipinski definition) is 0. The van der Waals surface area contributed by atoms with Crippen molar-refractivity contribution in [3.05, 3.63) is 73.1 Å². The van der Waals surface area contributed by atoms with E-state index in [1.165, 1.54) is 0 Å². The van der Waals surface area contributed by atoms with Crippen LogP contribution in [0, 0.1) is 0 Å². The van der Waals surface area contributed by atoms with Gasteiger partial charge in [0.15, 0.2) is 0 Å². The molecule has 0 unspecified atom stereocenters. The van der Waals surface area contributed by atoms with Gasteiger partial charge in [-0.05, 0) is 28.3 Å². The second-order valence-corrected chi connectivity index (χ2v) is 4.32. The third-order valence-electron chi connectivity index (χ3n) is 3.08. The van der Waals surface area contributed by atoms with E-state index >= 15 is 0 Å². The van der Waals surface area contributed by atoms with Crippen LogP contribution in [0.1, 0.15) is 0 Å². The summed E-state index contributed by atoms with van der Waals surface area (Å²) < 4.78 is 0. The van der Waals surface area contributed by atoms with E-state index in [0.717, 1.165) is 22.3 Å². The molecule has 0 aliphatic rings. The van der Waals surface area contributed by atoms with Crippen molar-refractivity contribution in [1.29, 1.82) is 0 Å². The normalized spacial score (nSPS) is 9.80. The van der Waals surface area contributed by atoms with Gasteiger partial charge in [-0.2, -0.15) is 0 Å². The van der Waals surface area contributed by atoms with Crippen LogP contribution in [0.2, 0.25) is 0 Å². The fraction of sp³-hybridized carbons (Fsp3) is 0. The molecule has 0 bridgehead atoms. The smallest absolute Gasteiger partial charge is 0.872 e. The topological polar surface area (TPSA) is 36.0 Å². The molecule has 2 aromatic carbocycles. The molecule has 3 aromatic rings. The summed E-state index contributed by atoms with van der Waals surface area (Å²) in [5.74, 6) is 0.0524. The largest absolute Gasteiger partial charge is 1.00 e. The van der Waals surface area contributed by atoms with E-state index in [-0.39, 0.29) is 63.9 Å². The molecule has 0 spiro atoms. The molecule has 0 atom stereocenters. The average molecular weight is 332 g/mol. The molecule has 3 rings (SSSR count). The van der Waals surface area contributed by atoms with Crippen LogP contribution in [0.4, 0.5) is 0 Å². The van der Waals surface area contributed by atoms with Crippen LogP contribution in [0.5, 0.6) is 5.75 Å². The first-order valence-corrected chi connectivity index (χ1v) is 6.11. The molecule has 1 aromatic heterocycles. The summed E-state index contributed by atoms with van der Waals surface area (Å²) in [7, 11) is 0. The molecule has 92 valence electrons. The van der Waals surface area contributed by atoms with Crippen molar-refractivity contribution in [2.75, 3.05) is 0 Å². The molecule has 0 fully saturated rings. The Labute approximate surface area is 167 Å². The van der Waals surface area contributed by atoms with Crippen LogP contribution < -0.4 is 63.3 Å². The van der Waals surface area contributed by atoms with Gasteiger partial charge in [0.05, 0.1) is 0 Å². The van der Waals surface area contributed by atoms with Crippen LogP contribution in [0.25, 0.3) is 22.3 Å². The quantitative estimate of drug-likeness (QED) is 0.685. The second-order valence-electron chi connectivity index (χ2n) is 4.32. The number of aromatic nitrogens is 1. The summed E-state index contributed by atoms with van der Waals surface area (Å²) >= 11 is 0. The number of pyridine rings is 1. The second kappa shape index (κ2) is 7.27. The Balaban J connectivity index is 0.00000147. The Morgan fingerprint density at radius 2 is 1.40 bits per heavy atom. The zero-order valence-electron chi connectivity index (χ0n) is 11.3. The Kier molecular flexibility index (Phi) is 5.67. The molecule has 3 heteroatoms. The van der Waals surface area contributed by atoms with Gasteiger partial charge in [-0.25, -0.2) is 0 Å². The van der Waals surface area contributed by atoms with E-state index in [0.29, 0.717) is 0 Å². The van der Waals surface area contributed by atoms with Crippen molar-refractivity contribution < 1.29 is 63.3 Å². The molecule has 0 aliphatic carbocycles. The minimum absolute atomic E-state index is 0. The first kappa shape index (κ1) is 15.6. The molecule has 0 radical (unpaired) electrons. The summed E-state index contributed by atoms with van der Waals surface area (Å²) in [6.45, 7) is 0. The molecule has 0 N–H and O–H groups in total. The van der Waals surface area contributed by atoms with Crippen molar-refractivity contribution in [3.8, 4) is 28.0 Å². The van der Waals surface area contributed by atoms with Gasteiger partial charge in [0.1, 0.15) is 0 Å². The van der Waals surface area contributed by atoms with Gasteiger partial charge < -0.3 is 5.11 Å². The Hall–Kier alpha value is -0.805. The van der Waals surface area contributed by atoms with E-state index in [9.17, 15) is 5.11 Å². The van der Waals surface area contributed by atoms with Crippen molar-refractivity contribution in [2.24, 2.45) is 0 Å². The SMILES string of the molecule is [O-]c1ccccc1-c1ccc(-c2cccnc2)cc1.[Rb+]. The maximum absolute atomic E-state index is 11.8. The Bertz CT molecular complexity index is 681. The van der Waals surface area contributed by atoms with Crippen molar-refractivity contribution >= 4 is 0 Å². The standard InChI is InChI=1S/C17H13NO.Rb/c19-17-6-2-1-5-16(17)14-9-7-13(8-10-14)15-4-3-11-18-12-15;/h1-12,19H;/q;+1/p-1. The maximum atomic E-state index is 11.8. The van der Waals surface area contributed by atoms with Gasteiger partial charge in [0.2, 0.25) is 0 Å². The van der Waals surface area contributed by atoms with Crippen LogP contribution in [0.15, 0.2) is 73.1 Å². The predicted octanol–water partition coefficient (Wildman–Crippen LogP) is 0.493. The minimum Gasteiger partial charge on any atom is -0.872 e. The molecule has 1 heterocycles. The molecule has 0 amide bonds. The summed E-state index contributed by atoms with van der Waals surface area (Å²) in [6.07, 6.45) is 3.59. The number of benzene rings is 2. The number of hydrogen-bond acceptors (Lipinski definition) is 2. The van der Waals surface area contributed by atoms with Crippen molar-refractivity contribution in [1.82, 2.24) is 4.98 Å². The molecule has 0 saturated carbocycles. The first-order chi connectivity index (χ1) is 9.34. The van der Waals surface area contributed by atoms with Gasteiger partial charge in [0, 0.05) is 12.4 Å². The number of nitrogens with zero attached hydrogens (tertiary/aromatic N) is 1. The molecule has 0 aliphatic heterocycles. The van der Waals surface area contributed by atoms with Gasteiger partial charge in [-0.15, -0.1) is 5.75 Å². The maximum Gasteiger partial charge on any atom is 1.00 e. The van der Waals surface area contributed by atoms with Crippen LogP contribution >= 0.6 is 0 Å². The van der Waals surface area contributed by atoms with Crippen molar-refractivity contribution in [3.63, 3.8) is 0 Å². The number of rotatable bonds is 2. The first-order valence-electron chi connectivity index (χ1n) is 6.11. The van der Waals surface area contributed by atoms with E-state index in [1.54, 1.807) is 18.3 Å². The van der Waals surface area contributed by atoms with Crippen LogP contribution in [0.3, 0.4) is 0 Å². The Morgan fingerprint density at radius 3 is 2.05 bits per heavy atom. The van der Waals surface area contributed by atoms with Gasteiger partial charge in [-0.3, -0.25) is 4.98 Å². The molecule has 2 nitrogen and oxygen atoms in total. The van der Waals surface area contributed by atoms with E-state index in [4.69, 9.17) is 0 Å². The number of para-hydroxylation sites is 1. The fourth-order valence-corrected chi connectivity index (χ4v) is 2.08. The van der Waals surface area contributed by atoms with Gasteiger partial charge in [-0.1, -0.05) is 54.6 Å². The minimum atomic E-state index is 0. The van der Waals surface area contributed by atoms with Crippen LogP contribution in [-0.2, 0) is 0 Å². The molecular weight excluding hydrogens is 320 g/mol. The zero-order chi connectivity index (χ0) is 13.1. The van der Waals surface area contributed by atoms with Crippen LogP contribution in [-0.4, -0.2) is 4.98 Å². The zero-order valence-corrected chi connectivity index (χ0v) is 16.2. The van der Waals surface area contributed by atoms with E-state index in [1.807, 2.05) is 54.7 Å². The average Bonchev–Trinajstić information content (AvgIpc) is 2.49. The van der Waals surface area contributed by atoms with Gasteiger partial charge >= 0.3 is 58.2 Å². The van der Waals surface area contributed by atoms with E-state index in [2.05, 4.69) is 4.98 Å². The Morgan fingerprint density at radius 1 is 0.700 bits per heavy atom. The van der Waals surface area contributed by atoms with Gasteiger partial charge in [0.25, 0.3) is 0 Å². The molecular formula is C17H12NORb. The molecule has 0 saturated heterocycles. The fourth-order valence-electron chi connectivity index (χ4n) is 2.08. The predicted molar refractivity (Wildman–Crippen MR) is 74.6 cm³/mol. The summed E-state index contributed by atoms with van der Waals surface area (Å²) in [4.78, 5) is 4.11. The monoisotopic (exact) mass is 331 g/mol. The summed E-state index contributed by atoms with van der Waals surface area (Å²) in [5.41, 5.74) is 3.85. The summed E-state index contributed by atoms with van der Waals surface area (Å²) in [6, 6.07) is 19.0. The van der Waals surface area contributed by atoms with Crippen molar-refractivity contribution in [2.45, 2.75) is 0 Å². The summed E-state index contributed by atoms with van der Waals surface area (Å²) in [5, 5.41) is 11.8. The molecule has 20 heavy (non-hydrogen) atoms. The third kappa shape index (κ3) is 3.44. The third-order valence-corrected chi connectivity index (χ3v) is 3.08.